The van der Waals surface area contributed by atoms with Gasteiger partial charge in [0.25, 0.3) is 0 Å². The first-order chi connectivity index (χ1) is 5.20. The summed E-state index contributed by atoms with van der Waals surface area (Å²) in [7, 11) is 0. The fraction of sp³-hybridized carbons (Fsp3) is 0.600. The van der Waals surface area contributed by atoms with Gasteiger partial charge in [0.1, 0.15) is 6.61 Å². The molecule has 0 N–H and O–H groups in total. The predicted molar refractivity (Wildman–Crippen MR) is 49.4 cm³/mol. The second-order valence-corrected chi connectivity index (χ2v) is 2.70. The maximum absolute atomic E-state index is 5.44. The maximum Gasteiger partial charge on any atom is 0.106 e. The summed E-state index contributed by atoms with van der Waals surface area (Å²) in [6.07, 6.45) is 5.07. The number of rotatable bonds is 4. The number of hydrogen-bond acceptors (Lipinski definition) is 1. The largest absolute Gasteiger partial charge is 0.494 e. The Hall–Kier alpha value is -0.720. The molecule has 0 aromatic rings. The van der Waals surface area contributed by atoms with Gasteiger partial charge in [-0.25, -0.2) is 0 Å². The molecule has 0 bridgehead atoms. The van der Waals surface area contributed by atoms with Gasteiger partial charge in [0, 0.05) is 6.42 Å². The normalized spacial score (nSPS) is 11.1. The third-order valence-corrected chi connectivity index (χ3v) is 1.43. The molecule has 64 valence electrons. The van der Waals surface area contributed by atoms with Gasteiger partial charge >= 0.3 is 0 Å². The molecule has 0 spiro atoms. The van der Waals surface area contributed by atoms with Crippen molar-refractivity contribution in [2.24, 2.45) is 0 Å². The van der Waals surface area contributed by atoms with Crippen LogP contribution in [-0.4, -0.2) is 6.61 Å². The summed E-state index contributed by atoms with van der Waals surface area (Å²) in [4.78, 5) is 0. The van der Waals surface area contributed by atoms with Gasteiger partial charge in [-0.1, -0.05) is 12.5 Å². The third-order valence-electron chi connectivity index (χ3n) is 1.43. The lowest BCUT2D eigenvalue weighted by molar-refractivity contribution is 0.237. The summed E-state index contributed by atoms with van der Waals surface area (Å²) < 4.78 is 5.44. The summed E-state index contributed by atoms with van der Waals surface area (Å²) in [5, 5.41) is 0. The molecule has 0 atom stereocenters. The van der Waals surface area contributed by atoms with Crippen LogP contribution in [0.4, 0.5) is 0 Å². The first-order valence-corrected chi connectivity index (χ1v) is 4.12. The molecule has 0 heterocycles. The highest BCUT2D eigenvalue weighted by atomic mass is 16.5. The van der Waals surface area contributed by atoms with E-state index in [0.717, 1.165) is 12.2 Å². The molecule has 0 saturated carbocycles. The maximum atomic E-state index is 5.44. The first kappa shape index (κ1) is 10.3. The van der Waals surface area contributed by atoms with Crippen LogP contribution in [0.2, 0.25) is 0 Å². The molecule has 0 radical (unpaired) electrons. The van der Waals surface area contributed by atoms with Crippen LogP contribution in [0.1, 0.15) is 34.1 Å². The first-order valence-electron chi connectivity index (χ1n) is 4.12. The molecule has 1 heteroatoms. The summed E-state index contributed by atoms with van der Waals surface area (Å²) in [5.41, 5.74) is 1.30. The quantitative estimate of drug-likeness (QED) is 0.446. The molecule has 0 saturated heterocycles. The molecule has 0 rings (SSSR count). The molecule has 0 aromatic carbocycles. The van der Waals surface area contributed by atoms with E-state index in [1.54, 1.807) is 0 Å². The van der Waals surface area contributed by atoms with Crippen molar-refractivity contribution in [1.29, 1.82) is 0 Å². The SMILES string of the molecule is CC=C(CC)OCC=C(C)C. The number of ether oxygens (including phenoxy) is 1. The van der Waals surface area contributed by atoms with Gasteiger partial charge in [0.2, 0.25) is 0 Å². The highest BCUT2D eigenvalue weighted by Crippen LogP contribution is 2.02. The summed E-state index contributed by atoms with van der Waals surface area (Å²) in [5.74, 6) is 1.07. The van der Waals surface area contributed by atoms with Gasteiger partial charge in [0.15, 0.2) is 0 Å². The lowest BCUT2D eigenvalue weighted by atomic mass is 10.3. The van der Waals surface area contributed by atoms with Crippen LogP contribution in [-0.2, 0) is 4.74 Å². The van der Waals surface area contributed by atoms with E-state index in [2.05, 4.69) is 26.8 Å². The fourth-order valence-electron chi connectivity index (χ4n) is 0.705. The zero-order chi connectivity index (χ0) is 8.69. The molecule has 0 fully saturated rings. The smallest absolute Gasteiger partial charge is 0.106 e. The van der Waals surface area contributed by atoms with Crippen molar-refractivity contribution in [3.8, 4) is 0 Å². The molecule has 0 aliphatic rings. The number of hydrogen-bond donors (Lipinski definition) is 0. The van der Waals surface area contributed by atoms with Gasteiger partial charge in [0.05, 0.1) is 5.76 Å². The molecular formula is C10H18O. The van der Waals surface area contributed by atoms with Crippen molar-refractivity contribution in [2.45, 2.75) is 34.1 Å². The van der Waals surface area contributed by atoms with Gasteiger partial charge in [-0.05, 0) is 32.9 Å². The molecule has 0 aromatic heterocycles. The Balaban J connectivity index is 3.61. The molecule has 0 unspecified atom stereocenters. The second kappa shape index (κ2) is 6.02. The lowest BCUT2D eigenvalue weighted by Gasteiger charge is -2.04. The Labute approximate surface area is 69.8 Å². The molecule has 11 heavy (non-hydrogen) atoms. The highest BCUT2D eigenvalue weighted by molar-refractivity contribution is 4.95. The van der Waals surface area contributed by atoms with Gasteiger partial charge < -0.3 is 4.74 Å². The average molecular weight is 154 g/mol. The predicted octanol–water partition coefficient (Wildman–Crippen LogP) is 3.28. The average Bonchev–Trinajstić information content (AvgIpc) is 1.98. The van der Waals surface area contributed by atoms with Gasteiger partial charge in [-0.2, -0.15) is 0 Å². The van der Waals surface area contributed by atoms with Crippen LogP contribution in [0.25, 0.3) is 0 Å². The van der Waals surface area contributed by atoms with Crippen LogP contribution < -0.4 is 0 Å². The minimum Gasteiger partial charge on any atom is -0.494 e. The Kier molecular flexibility index (Phi) is 5.63. The molecule has 1 nitrogen and oxygen atoms in total. The van der Waals surface area contributed by atoms with E-state index in [-0.39, 0.29) is 0 Å². The Morgan fingerprint density at radius 1 is 1.36 bits per heavy atom. The molecule has 0 amide bonds. The van der Waals surface area contributed by atoms with Crippen LogP contribution in [0.3, 0.4) is 0 Å². The zero-order valence-electron chi connectivity index (χ0n) is 7.98. The Morgan fingerprint density at radius 2 is 2.00 bits per heavy atom. The monoisotopic (exact) mass is 154 g/mol. The van der Waals surface area contributed by atoms with Gasteiger partial charge in [-0.3, -0.25) is 0 Å². The second-order valence-electron chi connectivity index (χ2n) is 2.70. The van der Waals surface area contributed by atoms with Crippen molar-refractivity contribution in [3.63, 3.8) is 0 Å². The summed E-state index contributed by atoms with van der Waals surface area (Å²) in [6, 6.07) is 0. The minimum atomic E-state index is 0.704. The van der Waals surface area contributed by atoms with E-state index in [4.69, 9.17) is 4.74 Å². The van der Waals surface area contributed by atoms with E-state index < -0.39 is 0 Å². The van der Waals surface area contributed by atoms with Crippen LogP contribution in [0.15, 0.2) is 23.5 Å². The van der Waals surface area contributed by atoms with E-state index in [0.29, 0.717) is 6.61 Å². The van der Waals surface area contributed by atoms with Crippen molar-refractivity contribution in [2.75, 3.05) is 6.61 Å². The summed E-state index contributed by atoms with van der Waals surface area (Å²) >= 11 is 0. The van der Waals surface area contributed by atoms with E-state index in [1.165, 1.54) is 5.57 Å². The Morgan fingerprint density at radius 3 is 2.36 bits per heavy atom. The lowest BCUT2D eigenvalue weighted by Crippen LogP contribution is -1.90. The third kappa shape index (κ3) is 5.71. The zero-order valence-corrected chi connectivity index (χ0v) is 7.98. The van der Waals surface area contributed by atoms with E-state index >= 15 is 0 Å². The van der Waals surface area contributed by atoms with Crippen molar-refractivity contribution in [3.05, 3.63) is 23.5 Å². The van der Waals surface area contributed by atoms with Crippen LogP contribution in [0, 0.1) is 0 Å². The van der Waals surface area contributed by atoms with Crippen LogP contribution in [0.5, 0.6) is 0 Å². The van der Waals surface area contributed by atoms with E-state index in [1.807, 2.05) is 13.0 Å². The minimum absolute atomic E-state index is 0.704. The molecule has 0 aliphatic carbocycles. The standard InChI is InChI=1S/C10H18O/c1-5-10(6-2)11-8-7-9(3)4/h5,7H,6,8H2,1-4H3. The van der Waals surface area contributed by atoms with Crippen molar-refractivity contribution < 1.29 is 4.74 Å². The van der Waals surface area contributed by atoms with Gasteiger partial charge in [-0.15, -0.1) is 0 Å². The van der Waals surface area contributed by atoms with E-state index in [9.17, 15) is 0 Å². The fourth-order valence-corrected chi connectivity index (χ4v) is 0.705. The van der Waals surface area contributed by atoms with Crippen LogP contribution >= 0.6 is 0 Å². The van der Waals surface area contributed by atoms with Crippen molar-refractivity contribution in [1.82, 2.24) is 0 Å². The number of allylic oxidation sites excluding steroid dienone is 3. The highest BCUT2D eigenvalue weighted by Gasteiger charge is 1.89. The van der Waals surface area contributed by atoms with Crippen molar-refractivity contribution >= 4 is 0 Å². The topological polar surface area (TPSA) is 9.23 Å². The molecular weight excluding hydrogens is 136 g/mol. The molecule has 0 aliphatic heterocycles. The Bertz CT molecular complexity index is 150. The summed E-state index contributed by atoms with van der Waals surface area (Å²) in [6.45, 7) is 8.95.